The number of nitrogens with zero attached hydrogens (tertiary/aromatic N) is 2. The Kier molecular flexibility index (Phi) is 8.03. The summed E-state index contributed by atoms with van der Waals surface area (Å²) in [5, 5.41) is 4.19. The molecule has 8 nitrogen and oxygen atoms in total. The van der Waals surface area contributed by atoms with Crippen LogP contribution in [-0.4, -0.2) is 50.2 Å². The molecule has 8 heteroatoms. The summed E-state index contributed by atoms with van der Waals surface area (Å²) >= 11 is 0. The predicted octanol–water partition coefficient (Wildman–Crippen LogP) is 4.37. The molecule has 36 heavy (non-hydrogen) atoms. The molecule has 0 bridgehead atoms. The van der Waals surface area contributed by atoms with Crippen LogP contribution in [0, 0.1) is 0 Å². The number of benzene rings is 2. The molecule has 1 heterocycles. The highest BCUT2D eigenvalue weighted by Gasteiger charge is 2.34. The maximum Gasteiger partial charge on any atom is 0.315 e. The van der Waals surface area contributed by atoms with E-state index in [2.05, 4.69) is 16.6 Å². The molecule has 2 atom stereocenters. The van der Waals surface area contributed by atoms with Crippen molar-refractivity contribution in [2.75, 3.05) is 20.8 Å². The van der Waals surface area contributed by atoms with E-state index in [4.69, 9.17) is 19.2 Å². The van der Waals surface area contributed by atoms with Gasteiger partial charge in [0, 0.05) is 17.0 Å². The van der Waals surface area contributed by atoms with Gasteiger partial charge in [-0.3, -0.25) is 14.6 Å². The lowest BCUT2D eigenvalue weighted by Gasteiger charge is -2.35. The van der Waals surface area contributed by atoms with Gasteiger partial charge in [0.2, 0.25) is 0 Å². The van der Waals surface area contributed by atoms with Crippen molar-refractivity contribution in [1.29, 1.82) is 0 Å². The molecular weight excluding hydrogens is 458 g/mol. The lowest BCUT2D eigenvalue weighted by molar-refractivity contribution is -0.145. The average molecular weight is 492 g/mol. The van der Waals surface area contributed by atoms with Crippen molar-refractivity contribution in [1.82, 2.24) is 5.43 Å². The van der Waals surface area contributed by atoms with Crippen LogP contribution in [0.4, 0.5) is 0 Å². The highest BCUT2D eigenvalue weighted by atomic mass is 16.5. The Balaban J connectivity index is 1.65. The number of carbonyl (C=O) groups is 2. The number of nitrogens with one attached hydrogen (secondary N) is 1. The fourth-order valence-corrected chi connectivity index (χ4v) is 4.99. The van der Waals surface area contributed by atoms with Crippen molar-refractivity contribution >= 4 is 23.3 Å². The molecule has 1 N–H and O–H groups in total. The number of ether oxygens (including phenoxy) is 3. The topological polar surface area (TPSA) is 98.6 Å². The molecule has 1 fully saturated rings. The third kappa shape index (κ3) is 5.42. The van der Waals surface area contributed by atoms with Gasteiger partial charge in [0.15, 0.2) is 11.5 Å². The smallest absolute Gasteiger partial charge is 0.315 e. The van der Waals surface area contributed by atoms with Gasteiger partial charge >= 0.3 is 5.97 Å². The Morgan fingerprint density at radius 1 is 1.08 bits per heavy atom. The molecule has 2 aromatic carbocycles. The first-order chi connectivity index (χ1) is 17.4. The molecule has 1 saturated carbocycles. The van der Waals surface area contributed by atoms with Gasteiger partial charge in [0.05, 0.1) is 38.3 Å². The maximum atomic E-state index is 12.0. The van der Waals surface area contributed by atoms with Gasteiger partial charge in [-0.25, -0.2) is 5.43 Å². The van der Waals surface area contributed by atoms with E-state index >= 15 is 0 Å². The Bertz CT molecular complexity index is 1200. The summed E-state index contributed by atoms with van der Waals surface area (Å²) in [5.41, 5.74) is 8.11. The maximum absolute atomic E-state index is 12.0. The lowest BCUT2D eigenvalue weighted by atomic mass is 9.75. The predicted molar refractivity (Wildman–Crippen MR) is 138 cm³/mol. The van der Waals surface area contributed by atoms with Gasteiger partial charge in [-0.15, -0.1) is 0 Å². The van der Waals surface area contributed by atoms with Crippen molar-refractivity contribution in [3.63, 3.8) is 0 Å². The second-order valence-corrected chi connectivity index (χ2v) is 9.03. The quantitative estimate of drug-likeness (QED) is 0.256. The fourth-order valence-electron chi connectivity index (χ4n) is 4.99. The molecule has 1 aliphatic heterocycles. The van der Waals surface area contributed by atoms with Crippen molar-refractivity contribution in [2.45, 2.75) is 57.9 Å². The Hall–Kier alpha value is -3.68. The molecule has 0 radical (unpaired) electrons. The van der Waals surface area contributed by atoms with Gasteiger partial charge in [-0.05, 0) is 56.0 Å². The molecule has 0 unspecified atom stereocenters. The number of amides is 1. The summed E-state index contributed by atoms with van der Waals surface area (Å²) < 4.78 is 16.0. The number of hydrogen-bond acceptors (Lipinski definition) is 7. The SMILES string of the molecule is CCOC(=O)CC(=O)N/N=C(/C)c1cccc(C2=N[C@@H]3CCCC[C@@H]3c3cc(OC)c(OC)cc32)c1. The molecule has 0 saturated heterocycles. The molecule has 1 amide bonds. The zero-order chi connectivity index (χ0) is 25.7. The van der Waals surface area contributed by atoms with Crippen molar-refractivity contribution in [3.05, 3.63) is 58.7 Å². The molecule has 2 aliphatic rings. The van der Waals surface area contributed by atoms with Crippen LogP contribution in [0.25, 0.3) is 0 Å². The van der Waals surface area contributed by atoms with Crippen LogP contribution < -0.4 is 14.9 Å². The highest BCUT2D eigenvalue weighted by Crippen LogP contribution is 2.44. The lowest BCUT2D eigenvalue weighted by Crippen LogP contribution is -2.29. The number of rotatable bonds is 8. The van der Waals surface area contributed by atoms with Crippen molar-refractivity contribution in [3.8, 4) is 11.5 Å². The number of esters is 1. The molecule has 2 aromatic rings. The summed E-state index contributed by atoms with van der Waals surface area (Å²) in [7, 11) is 3.31. The van der Waals surface area contributed by atoms with E-state index in [1.54, 1.807) is 21.1 Å². The minimum atomic E-state index is -0.577. The van der Waals surface area contributed by atoms with Crippen LogP contribution in [0.2, 0.25) is 0 Å². The zero-order valence-corrected chi connectivity index (χ0v) is 21.3. The van der Waals surface area contributed by atoms with E-state index in [0.717, 1.165) is 41.0 Å². The summed E-state index contributed by atoms with van der Waals surface area (Å²) in [6.07, 6.45) is 4.19. The minimum absolute atomic E-state index is 0.231. The molecule has 0 spiro atoms. The first-order valence-electron chi connectivity index (χ1n) is 12.4. The highest BCUT2D eigenvalue weighted by molar-refractivity contribution is 6.16. The summed E-state index contributed by atoms with van der Waals surface area (Å²) in [6, 6.07) is 12.3. The van der Waals surface area contributed by atoms with E-state index in [1.807, 2.05) is 37.3 Å². The van der Waals surface area contributed by atoms with E-state index in [-0.39, 0.29) is 19.1 Å². The standard InChI is InChI=1S/C28H33N3O5/c1-5-36-27(33)16-26(32)31-30-17(2)18-9-8-10-19(13-18)28-22-15-25(35-4)24(34-3)14-21(22)20-11-6-7-12-23(20)29-28/h8-10,13-15,20,23H,5-7,11-12,16H2,1-4H3,(H,31,32)/b30-17-/t20-,23-/m1/s1. The van der Waals surface area contributed by atoms with E-state index < -0.39 is 11.9 Å². The number of hydrazone groups is 1. The first kappa shape index (κ1) is 25.4. The minimum Gasteiger partial charge on any atom is -0.493 e. The monoisotopic (exact) mass is 491 g/mol. The van der Waals surface area contributed by atoms with E-state index in [1.165, 1.54) is 18.4 Å². The van der Waals surface area contributed by atoms with Gasteiger partial charge in [0.1, 0.15) is 6.42 Å². The Morgan fingerprint density at radius 3 is 2.58 bits per heavy atom. The summed E-state index contributed by atoms with van der Waals surface area (Å²) in [5.74, 6) is 0.692. The van der Waals surface area contributed by atoms with Gasteiger partial charge in [-0.1, -0.05) is 31.0 Å². The first-order valence-corrected chi connectivity index (χ1v) is 12.4. The fraction of sp³-hybridized carbons (Fsp3) is 0.429. The Labute approximate surface area is 211 Å². The van der Waals surface area contributed by atoms with Gasteiger partial charge in [-0.2, -0.15) is 5.10 Å². The molecule has 4 rings (SSSR count). The molecule has 1 aliphatic carbocycles. The summed E-state index contributed by atoms with van der Waals surface area (Å²) in [4.78, 5) is 28.7. The second kappa shape index (κ2) is 11.4. The average Bonchev–Trinajstić information content (AvgIpc) is 2.90. The second-order valence-electron chi connectivity index (χ2n) is 9.03. The summed E-state index contributed by atoms with van der Waals surface area (Å²) in [6.45, 7) is 3.74. The van der Waals surface area contributed by atoms with Crippen molar-refractivity contribution < 1.29 is 23.8 Å². The Morgan fingerprint density at radius 2 is 1.83 bits per heavy atom. The van der Waals surface area contributed by atoms with Crippen LogP contribution in [0.1, 0.15) is 74.1 Å². The number of methoxy groups -OCH3 is 2. The van der Waals surface area contributed by atoms with E-state index in [9.17, 15) is 9.59 Å². The van der Waals surface area contributed by atoms with Gasteiger partial charge in [0.25, 0.3) is 5.91 Å². The van der Waals surface area contributed by atoms with E-state index in [0.29, 0.717) is 17.4 Å². The van der Waals surface area contributed by atoms with Crippen LogP contribution >= 0.6 is 0 Å². The van der Waals surface area contributed by atoms with Crippen LogP contribution in [0.3, 0.4) is 0 Å². The third-order valence-electron chi connectivity index (χ3n) is 6.75. The van der Waals surface area contributed by atoms with Crippen LogP contribution in [0.15, 0.2) is 46.5 Å². The molecule has 190 valence electrons. The molecule has 0 aromatic heterocycles. The molecular formula is C28H33N3O5. The number of fused-ring (bicyclic) bond motifs is 3. The zero-order valence-electron chi connectivity index (χ0n) is 21.3. The van der Waals surface area contributed by atoms with Crippen LogP contribution in [0.5, 0.6) is 11.5 Å². The number of aliphatic imine (C=N–C) groups is 1. The van der Waals surface area contributed by atoms with Gasteiger partial charge < -0.3 is 14.2 Å². The van der Waals surface area contributed by atoms with Crippen LogP contribution in [-0.2, 0) is 14.3 Å². The third-order valence-corrected chi connectivity index (χ3v) is 6.75. The number of carbonyl (C=O) groups excluding carboxylic acids is 2. The normalized spacial score (nSPS) is 18.9. The largest absolute Gasteiger partial charge is 0.493 e. The van der Waals surface area contributed by atoms with Crippen molar-refractivity contribution in [2.24, 2.45) is 10.1 Å². The number of hydrogen-bond donors (Lipinski definition) is 1.